The second kappa shape index (κ2) is 8.25. The van der Waals surface area contributed by atoms with Crippen LogP contribution >= 0.6 is 0 Å². The Morgan fingerprint density at radius 3 is 2.79 bits per heavy atom. The first-order valence-electron chi connectivity index (χ1n) is 11.6. The van der Waals surface area contributed by atoms with Crippen LogP contribution in [0.4, 0.5) is 17.3 Å². The van der Waals surface area contributed by atoms with Crippen molar-refractivity contribution in [3.8, 4) is 11.5 Å². The van der Waals surface area contributed by atoms with E-state index in [4.69, 9.17) is 14.1 Å². The van der Waals surface area contributed by atoms with E-state index in [1.807, 2.05) is 19.2 Å². The van der Waals surface area contributed by atoms with Gasteiger partial charge in [0.1, 0.15) is 17.2 Å². The van der Waals surface area contributed by atoms with Gasteiger partial charge in [-0.25, -0.2) is 15.0 Å². The van der Waals surface area contributed by atoms with E-state index in [2.05, 4.69) is 37.6 Å². The van der Waals surface area contributed by atoms with E-state index in [-0.39, 0.29) is 17.9 Å². The molecule has 1 saturated carbocycles. The number of pyridine rings is 2. The number of hydrogen-bond acceptors (Lipinski definition) is 8. The lowest BCUT2D eigenvalue weighted by Crippen LogP contribution is -2.21. The zero-order valence-corrected chi connectivity index (χ0v) is 19.2. The van der Waals surface area contributed by atoms with Gasteiger partial charge in [0.15, 0.2) is 5.58 Å². The van der Waals surface area contributed by atoms with Crippen molar-refractivity contribution < 1.29 is 13.9 Å². The van der Waals surface area contributed by atoms with Crippen molar-refractivity contribution in [2.24, 2.45) is 5.92 Å². The largest absolute Gasteiger partial charge is 0.436 e. The molecule has 0 bridgehead atoms. The molecule has 0 spiro atoms. The van der Waals surface area contributed by atoms with Crippen LogP contribution in [0.1, 0.15) is 19.3 Å². The Morgan fingerprint density at radius 1 is 1.15 bits per heavy atom. The van der Waals surface area contributed by atoms with Gasteiger partial charge in [-0.15, -0.1) is 0 Å². The summed E-state index contributed by atoms with van der Waals surface area (Å²) in [5, 5.41) is 7.72. The van der Waals surface area contributed by atoms with Gasteiger partial charge in [0, 0.05) is 62.0 Å². The van der Waals surface area contributed by atoms with E-state index in [1.165, 1.54) is 0 Å². The molecule has 34 heavy (non-hydrogen) atoms. The van der Waals surface area contributed by atoms with Crippen molar-refractivity contribution in [2.45, 2.75) is 25.4 Å². The fraction of sp³-hybridized carbons (Fsp3) is 0.360. The fourth-order valence-corrected chi connectivity index (χ4v) is 4.53. The van der Waals surface area contributed by atoms with Crippen molar-refractivity contribution in [2.75, 3.05) is 42.8 Å². The number of carbonyl (C=O) groups excluding carboxylic acids is 1. The maximum Gasteiger partial charge on any atom is 0.229 e. The predicted molar refractivity (Wildman–Crippen MR) is 131 cm³/mol. The highest BCUT2D eigenvalue weighted by Gasteiger charge is 2.30. The van der Waals surface area contributed by atoms with Gasteiger partial charge in [-0.3, -0.25) is 4.79 Å². The lowest BCUT2D eigenvalue weighted by molar-refractivity contribution is -0.117. The molecule has 1 aliphatic carbocycles. The maximum absolute atomic E-state index is 12.3. The Balaban J connectivity index is 1.39. The minimum Gasteiger partial charge on any atom is -0.436 e. The number of aromatic nitrogens is 3. The van der Waals surface area contributed by atoms with Crippen molar-refractivity contribution in [3.63, 3.8) is 0 Å². The van der Waals surface area contributed by atoms with Crippen LogP contribution in [0.15, 0.2) is 41.1 Å². The number of carbonyl (C=O) groups is 1. The third kappa shape index (κ3) is 3.71. The lowest BCUT2D eigenvalue weighted by Gasteiger charge is -2.17. The van der Waals surface area contributed by atoms with Crippen LogP contribution < -0.4 is 15.5 Å². The van der Waals surface area contributed by atoms with Crippen molar-refractivity contribution in [3.05, 3.63) is 36.7 Å². The molecule has 174 valence electrons. The Bertz CT molecular complexity index is 1400. The highest BCUT2D eigenvalue weighted by molar-refractivity contribution is 6.03. The van der Waals surface area contributed by atoms with E-state index in [0.717, 1.165) is 59.9 Å². The summed E-state index contributed by atoms with van der Waals surface area (Å²) in [6, 6.07) is 7.94. The van der Waals surface area contributed by atoms with Crippen LogP contribution in [0.3, 0.4) is 0 Å². The topological polar surface area (TPSA) is 105 Å². The molecule has 0 radical (unpaired) electrons. The normalized spacial score (nSPS) is 18.1. The number of ether oxygens (including phenoxy) is 1. The third-order valence-electron chi connectivity index (χ3n) is 6.65. The van der Waals surface area contributed by atoms with Crippen molar-refractivity contribution in [1.29, 1.82) is 0 Å². The molecule has 2 aliphatic rings. The minimum atomic E-state index is 0.0170. The first-order chi connectivity index (χ1) is 16.6. The molecule has 1 atom stereocenters. The zero-order valence-electron chi connectivity index (χ0n) is 19.2. The Kier molecular flexibility index (Phi) is 5.06. The van der Waals surface area contributed by atoms with Gasteiger partial charge >= 0.3 is 0 Å². The number of oxazole rings is 1. The first-order valence-corrected chi connectivity index (χ1v) is 11.6. The van der Waals surface area contributed by atoms with Crippen LogP contribution in [0.5, 0.6) is 0 Å². The van der Waals surface area contributed by atoms with Gasteiger partial charge in [-0.1, -0.05) is 0 Å². The van der Waals surface area contributed by atoms with E-state index < -0.39 is 0 Å². The Hall–Kier alpha value is -3.72. The molecular weight excluding hydrogens is 432 g/mol. The summed E-state index contributed by atoms with van der Waals surface area (Å²) in [7, 11) is 3.58. The molecule has 9 heteroatoms. The van der Waals surface area contributed by atoms with Gasteiger partial charge in [0.05, 0.1) is 11.7 Å². The van der Waals surface area contributed by atoms with E-state index >= 15 is 0 Å². The Labute approximate surface area is 196 Å². The van der Waals surface area contributed by atoms with Crippen LogP contribution in [-0.2, 0) is 9.53 Å². The van der Waals surface area contributed by atoms with Crippen molar-refractivity contribution >= 4 is 45.1 Å². The molecule has 1 aromatic carbocycles. The van der Waals surface area contributed by atoms with E-state index in [1.54, 1.807) is 19.5 Å². The van der Waals surface area contributed by atoms with Crippen LogP contribution in [0.25, 0.3) is 33.3 Å². The Morgan fingerprint density at radius 2 is 2.03 bits per heavy atom. The number of amides is 1. The quantitative estimate of drug-likeness (QED) is 0.446. The number of fused-ring (bicyclic) bond motifs is 2. The molecule has 2 N–H and O–H groups in total. The number of methoxy groups -OCH3 is 1. The number of rotatable bonds is 6. The second-order valence-electron chi connectivity index (χ2n) is 8.91. The fourth-order valence-electron chi connectivity index (χ4n) is 4.53. The van der Waals surface area contributed by atoms with E-state index in [0.29, 0.717) is 23.1 Å². The molecule has 4 aromatic rings. The molecular formula is C25H26N6O3. The average molecular weight is 459 g/mol. The number of nitrogens with zero attached hydrogens (tertiary/aromatic N) is 4. The highest BCUT2D eigenvalue weighted by atomic mass is 16.5. The van der Waals surface area contributed by atoms with Gasteiger partial charge in [-0.2, -0.15) is 0 Å². The van der Waals surface area contributed by atoms with Crippen LogP contribution in [-0.4, -0.2) is 54.2 Å². The number of hydrogen-bond donors (Lipinski definition) is 2. The molecule has 1 amide bonds. The molecule has 0 unspecified atom stereocenters. The number of benzene rings is 1. The summed E-state index contributed by atoms with van der Waals surface area (Å²) in [5.74, 6) is 1.81. The molecule has 1 aliphatic heterocycles. The van der Waals surface area contributed by atoms with E-state index in [9.17, 15) is 4.79 Å². The molecule has 4 heterocycles. The minimum absolute atomic E-state index is 0.0170. The summed E-state index contributed by atoms with van der Waals surface area (Å²) in [4.78, 5) is 28.3. The predicted octanol–water partition coefficient (Wildman–Crippen LogP) is 4.05. The molecule has 3 aromatic heterocycles. The lowest BCUT2D eigenvalue weighted by atomic mass is 10.1. The van der Waals surface area contributed by atoms with Gasteiger partial charge in [0.2, 0.25) is 11.8 Å². The third-order valence-corrected chi connectivity index (χ3v) is 6.65. The maximum atomic E-state index is 12.3. The highest BCUT2D eigenvalue weighted by Crippen LogP contribution is 2.35. The molecule has 2 fully saturated rings. The first kappa shape index (κ1) is 20.9. The van der Waals surface area contributed by atoms with Gasteiger partial charge in [0.25, 0.3) is 0 Å². The second-order valence-corrected chi connectivity index (χ2v) is 8.91. The summed E-state index contributed by atoms with van der Waals surface area (Å²) < 4.78 is 11.6. The summed E-state index contributed by atoms with van der Waals surface area (Å²) in [5.41, 5.74) is 3.35. The molecule has 6 rings (SSSR count). The summed E-state index contributed by atoms with van der Waals surface area (Å²) in [6.07, 6.45) is 6.62. The molecule has 1 saturated heterocycles. The standard InChI is InChI=1S/C25H26N6O3/c1-26-23-18-11-27-22(30-24(32)14-3-4-14)10-17(18)19(12-28-23)25-29-20-9-15(5-6-21(20)34-25)31-8-7-16(13-31)33-2/h5-6,9-12,14,16H,3-4,7-8,13H2,1-2H3,(H,26,28)(H,27,30,32)/t16-/m1/s1. The van der Waals surface area contributed by atoms with Crippen LogP contribution in [0.2, 0.25) is 0 Å². The van der Waals surface area contributed by atoms with Crippen LogP contribution in [0, 0.1) is 5.92 Å². The number of anilines is 3. The summed E-state index contributed by atoms with van der Waals surface area (Å²) >= 11 is 0. The SMILES string of the molecule is CNc1ncc(-c2nc3cc(N4CC[C@@H](OC)C4)ccc3o2)c2cc(NC(=O)C3CC3)ncc12. The zero-order chi connectivity index (χ0) is 23.2. The average Bonchev–Trinajstić information content (AvgIpc) is 3.45. The van der Waals surface area contributed by atoms with Crippen molar-refractivity contribution in [1.82, 2.24) is 15.0 Å². The summed E-state index contributed by atoms with van der Waals surface area (Å²) in [6.45, 7) is 1.83. The molecule has 9 nitrogen and oxygen atoms in total. The smallest absolute Gasteiger partial charge is 0.229 e. The number of nitrogens with one attached hydrogen (secondary N) is 2. The van der Waals surface area contributed by atoms with Gasteiger partial charge in [-0.05, 0) is 43.5 Å². The monoisotopic (exact) mass is 458 g/mol. The van der Waals surface area contributed by atoms with Gasteiger partial charge < -0.3 is 24.7 Å².